The van der Waals surface area contributed by atoms with Crippen LogP contribution in [0.3, 0.4) is 0 Å². The molecule has 6 heteroatoms. The molecule has 190 valence electrons. The van der Waals surface area contributed by atoms with Crippen LogP contribution in [0.5, 0.6) is 11.5 Å². The number of hydrogen-bond acceptors (Lipinski definition) is 5. The van der Waals surface area contributed by atoms with Gasteiger partial charge >= 0.3 is 0 Å². The quantitative estimate of drug-likeness (QED) is 0.131. The predicted octanol–water partition coefficient (Wildman–Crippen LogP) is 7.24. The first-order chi connectivity index (χ1) is 16.1. The molecule has 0 spiro atoms. The lowest BCUT2D eigenvalue weighted by Gasteiger charge is -2.59. The summed E-state index contributed by atoms with van der Waals surface area (Å²) in [4.78, 5) is 15.6. The zero-order chi connectivity index (χ0) is 25.1. The fourth-order valence-electron chi connectivity index (χ4n) is 6.19. The van der Waals surface area contributed by atoms with Crippen molar-refractivity contribution in [3.05, 3.63) is 45.0 Å². The van der Waals surface area contributed by atoms with Crippen LogP contribution in [0.4, 0.5) is 0 Å². The number of fused-ring (bicyclic) bond motifs is 1. The summed E-state index contributed by atoms with van der Waals surface area (Å²) >= 11 is 0. The van der Waals surface area contributed by atoms with E-state index in [1.54, 1.807) is 14.2 Å². The lowest BCUT2D eigenvalue weighted by Crippen LogP contribution is -2.52. The Labute approximate surface area is 205 Å². The molecule has 0 amide bonds. The monoisotopic (exact) mass is 473 g/mol. The van der Waals surface area contributed by atoms with E-state index >= 15 is 0 Å². The van der Waals surface area contributed by atoms with Crippen LogP contribution in [0.15, 0.2) is 23.8 Å². The Balaban J connectivity index is 1.94. The third-order valence-corrected chi connectivity index (χ3v) is 8.52. The molecule has 2 bridgehead atoms. The second-order valence-electron chi connectivity index (χ2n) is 11.3. The number of benzene rings is 1. The molecule has 3 aliphatic carbocycles. The van der Waals surface area contributed by atoms with Gasteiger partial charge in [-0.2, -0.15) is 0 Å². The van der Waals surface area contributed by atoms with Crippen molar-refractivity contribution < 1.29 is 19.4 Å². The normalized spacial score (nSPS) is 23.0. The predicted molar refractivity (Wildman–Crippen MR) is 135 cm³/mol. The van der Waals surface area contributed by atoms with Crippen molar-refractivity contribution in [2.45, 2.75) is 90.9 Å². The molecular weight excluding hydrogens is 430 g/mol. The third-order valence-electron chi connectivity index (χ3n) is 8.52. The number of unbranched alkanes of at least 4 members (excludes halogenated alkanes) is 4. The molecule has 4 rings (SSSR count). The number of allylic oxidation sites excluding steroid dienone is 1. The Kier molecular flexibility index (Phi) is 8.20. The molecule has 6 nitrogen and oxygen atoms in total. The van der Waals surface area contributed by atoms with Gasteiger partial charge in [0.1, 0.15) is 18.1 Å². The van der Waals surface area contributed by atoms with Gasteiger partial charge in [-0.05, 0) is 58.8 Å². The fraction of sp³-hybridized carbons (Fsp3) is 0.714. The van der Waals surface area contributed by atoms with Gasteiger partial charge in [0.2, 0.25) is 0 Å². The van der Waals surface area contributed by atoms with Gasteiger partial charge in [0.05, 0.1) is 14.2 Å². The summed E-state index contributed by atoms with van der Waals surface area (Å²) in [6, 6.07) is 4.37. The number of ether oxygens (including phenoxy) is 2. The second-order valence-corrected chi connectivity index (χ2v) is 11.3. The van der Waals surface area contributed by atoms with E-state index < -0.39 is 5.09 Å². The summed E-state index contributed by atoms with van der Waals surface area (Å²) in [6.45, 7) is 11.4. The van der Waals surface area contributed by atoms with Crippen molar-refractivity contribution in [2.24, 2.45) is 17.3 Å². The summed E-state index contributed by atoms with van der Waals surface area (Å²) in [7, 11) is 3.44. The summed E-state index contributed by atoms with van der Waals surface area (Å²) in [5.41, 5.74) is 3.33. The fourth-order valence-corrected chi connectivity index (χ4v) is 6.19. The highest BCUT2D eigenvalue weighted by molar-refractivity contribution is 5.55. The maximum atomic E-state index is 10.8. The molecule has 0 radical (unpaired) electrons. The van der Waals surface area contributed by atoms with Crippen LogP contribution in [-0.4, -0.2) is 25.9 Å². The SMILES string of the molecule is CCCCCCCC(C)(C)c1cc(OC)c([C@H]2C=C(CO[N+](=O)[O-])[C@H]3C[C@@H]2C3(C)C)c(OC)c1. The molecular formula is C28H43NO5. The number of methoxy groups -OCH3 is 2. The van der Waals surface area contributed by atoms with Crippen LogP contribution in [-0.2, 0) is 10.3 Å². The van der Waals surface area contributed by atoms with Gasteiger partial charge in [0, 0.05) is 11.5 Å². The van der Waals surface area contributed by atoms with Crippen LogP contribution < -0.4 is 9.47 Å². The molecule has 0 aliphatic heterocycles. The molecule has 0 aromatic heterocycles. The van der Waals surface area contributed by atoms with Crippen molar-refractivity contribution in [3.63, 3.8) is 0 Å². The van der Waals surface area contributed by atoms with Crippen molar-refractivity contribution in [2.75, 3.05) is 20.8 Å². The molecule has 1 saturated carbocycles. The zero-order valence-corrected chi connectivity index (χ0v) is 22.1. The van der Waals surface area contributed by atoms with Gasteiger partial charge < -0.3 is 14.3 Å². The van der Waals surface area contributed by atoms with Crippen LogP contribution >= 0.6 is 0 Å². The second kappa shape index (κ2) is 10.6. The molecule has 34 heavy (non-hydrogen) atoms. The summed E-state index contributed by atoms with van der Waals surface area (Å²) in [6.07, 6.45) is 10.6. The Morgan fingerprint density at radius 3 is 2.24 bits per heavy atom. The first kappa shape index (κ1) is 26.4. The molecule has 3 aliphatic rings. The highest BCUT2D eigenvalue weighted by Gasteiger charge is 2.56. The third kappa shape index (κ3) is 5.21. The van der Waals surface area contributed by atoms with Crippen LogP contribution in [0, 0.1) is 27.4 Å². The topological polar surface area (TPSA) is 70.8 Å². The van der Waals surface area contributed by atoms with E-state index in [4.69, 9.17) is 14.3 Å². The molecule has 0 heterocycles. The molecule has 1 aromatic carbocycles. The van der Waals surface area contributed by atoms with E-state index in [-0.39, 0.29) is 23.4 Å². The van der Waals surface area contributed by atoms with Gasteiger partial charge in [-0.1, -0.05) is 72.8 Å². The van der Waals surface area contributed by atoms with Crippen LogP contribution in [0.25, 0.3) is 0 Å². The Bertz CT molecular complexity index is 879. The van der Waals surface area contributed by atoms with Gasteiger partial charge in [-0.25, -0.2) is 0 Å². The molecule has 3 atom stereocenters. The van der Waals surface area contributed by atoms with Crippen molar-refractivity contribution in [3.8, 4) is 11.5 Å². The zero-order valence-electron chi connectivity index (χ0n) is 22.1. The average Bonchev–Trinajstić information content (AvgIpc) is 2.80. The van der Waals surface area contributed by atoms with E-state index in [2.05, 4.69) is 52.8 Å². The summed E-state index contributed by atoms with van der Waals surface area (Å²) in [5.74, 6) is 2.49. The standard InChI is InChI=1S/C28H43NO5/c1-8-9-10-11-12-13-27(2,3)20-15-24(32-6)26(25(16-20)33-7)21-14-19(18-34-29(30)31)22-17-23(21)28(22,4)5/h14-16,21-23H,8-13,17-18H2,1-7H3/t21-,22+,23-/m0/s1. The minimum atomic E-state index is -0.700. The molecule has 1 aromatic rings. The average molecular weight is 474 g/mol. The Morgan fingerprint density at radius 2 is 1.71 bits per heavy atom. The van der Waals surface area contributed by atoms with E-state index in [9.17, 15) is 10.1 Å². The summed E-state index contributed by atoms with van der Waals surface area (Å²) in [5, 5.41) is 10.1. The number of rotatable bonds is 13. The van der Waals surface area contributed by atoms with Gasteiger partial charge in [-0.15, -0.1) is 10.1 Å². The highest BCUT2D eigenvalue weighted by atomic mass is 16.9. The lowest BCUT2D eigenvalue weighted by atomic mass is 9.45. The first-order valence-electron chi connectivity index (χ1n) is 12.8. The molecule has 0 N–H and O–H groups in total. The van der Waals surface area contributed by atoms with Crippen molar-refractivity contribution in [1.29, 1.82) is 0 Å². The minimum Gasteiger partial charge on any atom is -0.496 e. The molecule has 0 saturated heterocycles. The van der Waals surface area contributed by atoms with Gasteiger partial charge in [-0.3, -0.25) is 0 Å². The smallest absolute Gasteiger partial charge is 0.294 e. The maximum absolute atomic E-state index is 10.8. The largest absolute Gasteiger partial charge is 0.496 e. The van der Waals surface area contributed by atoms with Crippen LogP contribution in [0.1, 0.15) is 96.6 Å². The molecule has 1 fully saturated rings. The van der Waals surface area contributed by atoms with E-state index in [0.29, 0.717) is 11.8 Å². The maximum Gasteiger partial charge on any atom is 0.294 e. The van der Waals surface area contributed by atoms with E-state index in [1.165, 1.54) is 37.7 Å². The minimum absolute atomic E-state index is 0.0132. The first-order valence-corrected chi connectivity index (χ1v) is 12.8. The van der Waals surface area contributed by atoms with Gasteiger partial charge in [0.15, 0.2) is 0 Å². The number of nitrogens with zero attached hydrogens (tertiary/aromatic N) is 1. The highest BCUT2D eigenvalue weighted by Crippen LogP contribution is 2.65. The molecule has 0 unspecified atom stereocenters. The van der Waals surface area contributed by atoms with Gasteiger partial charge in [0.25, 0.3) is 5.09 Å². The Morgan fingerprint density at radius 1 is 1.09 bits per heavy atom. The van der Waals surface area contributed by atoms with Crippen molar-refractivity contribution in [1.82, 2.24) is 0 Å². The van der Waals surface area contributed by atoms with E-state index in [0.717, 1.165) is 35.5 Å². The Hall–Kier alpha value is -2.24. The van der Waals surface area contributed by atoms with Crippen LogP contribution in [0.2, 0.25) is 0 Å². The lowest BCUT2D eigenvalue weighted by molar-refractivity contribution is -0.756. The number of hydrogen-bond donors (Lipinski definition) is 0. The van der Waals surface area contributed by atoms with Crippen molar-refractivity contribution >= 4 is 0 Å². The summed E-state index contributed by atoms with van der Waals surface area (Å²) < 4.78 is 11.9. The van der Waals surface area contributed by atoms with E-state index in [1.807, 2.05) is 0 Å².